The number of nitrogens with two attached hydrogens (primary N) is 1. The predicted molar refractivity (Wildman–Crippen MR) is 84.0 cm³/mol. The van der Waals surface area contributed by atoms with Crippen molar-refractivity contribution in [1.82, 2.24) is 0 Å². The quantitative estimate of drug-likeness (QED) is 0.859. The van der Waals surface area contributed by atoms with Gasteiger partial charge in [-0.2, -0.15) is 0 Å². The van der Waals surface area contributed by atoms with Gasteiger partial charge in [-0.25, -0.2) is 0 Å². The van der Waals surface area contributed by atoms with E-state index in [4.69, 9.17) is 10.5 Å². The normalized spacial score (nSPS) is 12.2. The highest BCUT2D eigenvalue weighted by Gasteiger charge is 2.06. The molecule has 0 bridgehead atoms. The molecule has 0 saturated carbocycles. The Morgan fingerprint density at radius 2 is 1.85 bits per heavy atom. The van der Waals surface area contributed by atoms with E-state index in [2.05, 4.69) is 44.2 Å². The van der Waals surface area contributed by atoms with Crippen LogP contribution >= 0.6 is 0 Å². The molecule has 0 aliphatic heterocycles. The first-order valence-electron chi connectivity index (χ1n) is 7.23. The highest BCUT2D eigenvalue weighted by Crippen LogP contribution is 2.17. The molecule has 0 aliphatic carbocycles. The standard InChI is InChI=1S/C18H23NO/c1-3-15-7-9-16(10-8-15)18(19)11-12-20-17-6-4-5-14(2)13-17/h4-10,13,18H,3,11-12,19H2,1-2H3. The molecular weight excluding hydrogens is 246 g/mol. The van der Waals surface area contributed by atoms with Gasteiger partial charge in [-0.05, 0) is 42.2 Å². The van der Waals surface area contributed by atoms with E-state index in [0.717, 1.165) is 18.6 Å². The van der Waals surface area contributed by atoms with Crippen LogP contribution in [0.5, 0.6) is 5.75 Å². The second-order valence-electron chi connectivity index (χ2n) is 5.16. The molecule has 0 amide bonds. The van der Waals surface area contributed by atoms with Gasteiger partial charge in [0, 0.05) is 12.5 Å². The summed E-state index contributed by atoms with van der Waals surface area (Å²) in [5, 5.41) is 0. The Morgan fingerprint density at radius 1 is 1.10 bits per heavy atom. The molecule has 106 valence electrons. The van der Waals surface area contributed by atoms with E-state index in [0.29, 0.717) is 6.61 Å². The van der Waals surface area contributed by atoms with E-state index >= 15 is 0 Å². The Balaban J connectivity index is 1.83. The first-order valence-corrected chi connectivity index (χ1v) is 7.23. The lowest BCUT2D eigenvalue weighted by Crippen LogP contribution is -2.14. The van der Waals surface area contributed by atoms with Crippen LogP contribution in [-0.2, 0) is 6.42 Å². The molecule has 2 heteroatoms. The van der Waals surface area contributed by atoms with Crippen LogP contribution in [0.4, 0.5) is 0 Å². The molecule has 0 aromatic heterocycles. The summed E-state index contributed by atoms with van der Waals surface area (Å²) in [4.78, 5) is 0. The van der Waals surface area contributed by atoms with E-state index in [1.807, 2.05) is 18.2 Å². The van der Waals surface area contributed by atoms with Crippen LogP contribution in [0, 0.1) is 6.92 Å². The van der Waals surface area contributed by atoms with Crippen LogP contribution in [0.3, 0.4) is 0 Å². The van der Waals surface area contributed by atoms with Gasteiger partial charge in [0.15, 0.2) is 0 Å². The molecule has 2 nitrogen and oxygen atoms in total. The largest absolute Gasteiger partial charge is 0.494 e. The topological polar surface area (TPSA) is 35.2 Å². The van der Waals surface area contributed by atoms with Gasteiger partial charge in [0.2, 0.25) is 0 Å². The predicted octanol–water partition coefficient (Wildman–Crippen LogP) is 4.03. The van der Waals surface area contributed by atoms with E-state index in [1.165, 1.54) is 16.7 Å². The van der Waals surface area contributed by atoms with E-state index in [1.54, 1.807) is 0 Å². The zero-order valence-electron chi connectivity index (χ0n) is 12.3. The van der Waals surface area contributed by atoms with Gasteiger partial charge in [-0.3, -0.25) is 0 Å². The van der Waals surface area contributed by atoms with Crippen molar-refractivity contribution in [3.8, 4) is 5.75 Å². The third-order valence-corrected chi connectivity index (χ3v) is 3.50. The SMILES string of the molecule is CCc1ccc(C(N)CCOc2cccc(C)c2)cc1. The van der Waals surface area contributed by atoms with Gasteiger partial charge in [-0.1, -0.05) is 43.3 Å². The van der Waals surface area contributed by atoms with Gasteiger partial charge in [0.25, 0.3) is 0 Å². The first kappa shape index (κ1) is 14.6. The van der Waals surface area contributed by atoms with Crippen molar-refractivity contribution in [3.05, 3.63) is 65.2 Å². The minimum atomic E-state index is 0.0331. The molecule has 1 unspecified atom stereocenters. The van der Waals surface area contributed by atoms with Crippen LogP contribution < -0.4 is 10.5 Å². The molecule has 2 aromatic rings. The van der Waals surface area contributed by atoms with Crippen LogP contribution in [-0.4, -0.2) is 6.61 Å². The summed E-state index contributed by atoms with van der Waals surface area (Å²) in [5.41, 5.74) is 9.93. The third-order valence-electron chi connectivity index (χ3n) is 3.50. The molecule has 0 aliphatic rings. The zero-order valence-corrected chi connectivity index (χ0v) is 12.3. The fourth-order valence-corrected chi connectivity index (χ4v) is 2.18. The van der Waals surface area contributed by atoms with Crippen LogP contribution in [0.2, 0.25) is 0 Å². The average Bonchev–Trinajstić information content (AvgIpc) is 2.47. The minimum Gasteiger partial charge on any atom is -0.494 e. The van der Waals surface area contributed by atoms with Crippen molar-refractivity contribution in [2.75, 3.05) is 6.61 Å². The van der Waals surface area contributed by atoms with Crippen molar-refractivity contribution >= 4 is 0 Å². The Hall–Kier alpha value is -1.80. The van der Waals surface area contributed by atoms with Crippen molar-refractivity contribution in [2.45, 2.75) is 32.7 Å². The van der Waals surface area contributed by atoms with Crippen LogP contribution in [0.15, 0.2) is 48.5 Å². The lowest BCUT2D eigenvalue weighted by Gasteiger charge is -2.13. The molecule has 0 spiro atoms. The highest BCUT2D eigenvalue weighted by molar-refractivity contribution is 5.27. The molecule has 2 rings (SSSR count). The first-order chi connectivity index (χ1) is 9.69. The Kier molecular flexibility index (Phi) is 5.19. The van der Waals surface area contributed by atoms with Crippen molar-refractivity contribution in [1.29, 1.82) is 0 Å². The van der Waals surface area contributed by atoms with Gasteiger partial charge < -0.3 is 10.5 Å². The lowest BCUT2D eigenvalue weighted by atomic mass is 10.0. The third kappa shape index (κ3) is 4.10. The minimum absolute atomic E-state index is 0.0331. The van der Waals surface area contributed by atoms with Crippen molar-refractivity contribution in [3.63, 3.8) is 0 Å². The zero-order chi connectivity index (χ0) is 14.4. The maximum atomic E-state index is 6.20. The second kappa shape index (κ2) is 7.11. The molecule has 2 aromatic carbocycles. The summed E-state index contributed by atoms with van der Waals surface area (Å²) < 4.78 is 5.74. The van der Waals surface area contributed by atoms with Gasteiger partial charge >= 0.3 is 0 Å². The summed E-state index contributed by atoms with van der Waals surface area (Å²) in [6.45, 7) is 4.86. The number of ether oxygens (including phenoxy) is 1. The number of hydrogen-bond donors (Lipinski definition) is 1. The van der Waals surface area contributed by atoms with Crippen molar-refractivity contribution < 1.29 is 4.74 Å². The summed E-state index contributed by atoms with van der Waals surface area (Å²) in [6, 6.07) is 16.7. The molecule has 20 heavy (non-hydrogen) atoms. The summed E-state index contributed by atoms with van der Waals surface area (Å²) in [5.74, 6) is 0.915. The number of rotatable bonds is 6. The highest BCUT2D eigenvalue weighted by atomic mass is 16.5. The summed E-state index contributed by atoms with van der Waals surface area (Å²) >= 11 is 0. The van der Waals surface area contributed by atoms with Crippen molar-refractivity contribution in [2.24, 2.45) is 5.73 Å². The Labute approximate surface area is 121 Å². The number of benzene rings is 2. The molecular formula is C18H23NO. The van der Waals surface area contributed by atoms with Crippen LogP contribution in [0.25, 0.3) is 0 Å². The molecule has 2 N–H and O–H groups in total. The van der Waals surface area contributed by atoms with E-state index in [-0.39, 0.29) is 6.04 Å². The number of aryl methyl sites for hydroxylation is 2. The molecule has 0 heterocycles. The molecule has 0 radical (unpaired) electrons. The monoisotopic (exact) mass is 269 g/mol. The lowest BCUT2D eigenvalue weighted by molar-refractivity contribution is 0.298. The fourth-order valence-electron chi connectivity index (χ4n) is 2.18. The maximum absolute atomic E-state index is 6.20. The Morgan fingerprint density at radius 3 is 2.50 bits per heavy atom. The van der Waals surface area contributed by atoms with Crippen LogP contribution in [0.1, 0.15) is 36.1 Å². The van der Waals surface area contributed by atoms with Gasteiger partial charge in [0.05, 0.1) is 6.61 Å². The smallest absolute Gasteiger partial charge is 0.119 e. The van der Waals surface area contributed by atoms with Gasteiger partial charge in [-0.15, -0.1) is 0 Å². The van der Waals surface area contributed by atoms with E-state index < -0.39 is 0 Å². The summed E-state index contributed by atoms with van der Waals surface area (Å²) in [7, 11) is 0. The second-order valence-corrected chi connectivity index (χ2v) is 5.16. The molecule has 0 saturated heterocycles. The van der Waals surface area contributed by atoms with E-state index in [9.17, 15) is 0 Å². The maximum Gasteiger partial charge on any atom is 0.119 e. The molecule has 1 atom stereocenters. The average molecular weight is 269 g/mol. The Bertz CT molecular complexity index is 533. The molecule has 0 fully saturated rings. The number of hydrogen-bond acceptors (Lipinski definition) is 2. The summed E-state index contributed by atoms with van der Waals surface area (Å²) in [6.07, 6.45) is 1.88. The fraction of sp³-hybridized carbons (Fsp3) is 0.333. The van der Waals surface area contributed by atoms with Gasteiger partial charge in [0.1, 0.15) is 5.75 Å².